The highest BCUT2D eigenvalue weighted by molar-refractivity contribution is 5.25. The number of nitrogens with one attached hydrogen (secondary N) is 1. The summed E-state index contributed by atoms with van der Waals surface area (Å²) in [6.45, 7) is 3.73. The molecule has 0 aliphatic heterocycles. The molecule has 0 radical (unpaired) electrons. The fraction of sp³-hybridized carbons (Fsp3) is 0.357. The maximum absolute atomic E-state index is 13.7. The molecule has 1 N–H and O–H groups in total. The summed E-state index contributed by atoms with van der Waals surface area (Å²) in [7, 11) is 0. The van der Waals surface area contributed by atoms with E-state index in [1.165, 1.54) is 12.3 Å². The van der Waals surface area contributed by atoms with E-state index in [1.54, 1.807) is 13.1 Å². The largest absolute Gasteiger partial charge is 0.311 e. The molecule has 0 amide bonds. The minimum atomic E-state index is -0.297. The molecule has 2 aromatic heterocycles. The number of H-pyrrole nitrogens is 1. The maximum Gasteiger partial charge on any atom is 0.251 e. The molecule has 0 bridgehead atoms. The van der Waals surface area contributed by atoms with Crippen LogP contribution in [0, 0.1) is 12.7 Å². The Morgan fingerprint density at radius 2 is 2.11 bits per heavy atom. The zero-order valence-electron chi connectivity index (χ0n) is 11.0. The minimum Gasteiger partial charge on any atom is -0.311 e. The van der Waals surface area contributed by atoms with Gasteiger partial charge < -0.3 is 4.98 Å². The molecule has 0 aromatic carbocycles. The Kier molecular flexibility index (Phi) is 4.04. The van der Waals surface area contributed by atoms with Gasteiger partial charge in [-0.1, -0.05) is 6.92 Å². The number of halogens is 1. The first-order valence-electron chi connectivity index (χ1n) is 6.28. The van der Waals surface area contributed by atoms with E-state index in [-0.39, 0.29) is 11.4 Å². The standard InChI is InChI=1S/C14H16FN3O/c1-3-10-7-16-8-12(15)11(10)4-5-13-17-9(2)6-14(19)18-13/h6-8H,3-5H2,1-2H3,(H,17,18,19). The van der Waals surface area contributed by atoms with Crippen molar-refractivity contribution >= 4 is 0 Å². The van der Waals surface area contributed by atoms with E-state index < -0.39 is 0 Å². The van der Waals surface area contributed by atoms with E-state index in [2.05, 4.69) is 15.0 Å². The lowest BCUT2D eigenvalue weighted by Gasteiger charge is -2.08. The minimum absolute atomic E-state index is 0.173. The van der Waals surface area contributed by atoms with Gasteiger partial charge in [0.15, 0.2) is 0 Å². The number of rotatable bonds is 4. The van der Waals surface area contributed by atoms with Crippen molar-refractivity contribution in [2.24, 2.45) is 0 Å². The second-order valence-corrected chi connectivity index (χ2v) is 4.45. The smallest absolute Gasteiger partial charge is 0.251 e. The molecule has 0 aliphatic carbocycles. The molecule has 0 fully saturated rings. The van der Waals surface area contributed by atoms with Crippen LogP contribution in [0.15, 0.2) is 23.3 Å². The SMILES string of the molecule is CCc1cncc(F)c1CCc1nc(C)cc(=O)[nH]1. The Morgan fingerprint density at radius 3 is 2.79 bits per heavy atom. The lowest BCUT2D eigenvalue weighted by molar-refractivity contribution is 0.596. The molecule has 4 nitrogen and oxygen atoms in total. The number of pyridine rings is 1. The van der Waals surface area contributed by atoms with Gasteiger partial charge in [-0.25, -0.2) is 9.37 Å². The van der Waals surface area contributed by atoms with Crippen LogP contribution in [-0.2, 0) is 19.3 Å². The molecule has 19 heavy (non-hydrogen) atoms. The quantitative estimate of drug-likeness (QED) is 0.915. The van der Waals surface area contributed by atoms with Crippen LogP contribution in [0.3, 0.4) is 0 Å². The third-order valence-corrected chi connectivity index (χ3v) is 3.01. The molecule has 2 aromatic rings. The first kappa shape index (κ1) is 13.4. The van der Waals surface area contributed by atoms with Crippen LogP contribution in [0.4, 0.5) is 4.39 Å². The molecule has 0 spiro atoms. The van der Waals surface area contributed by atoms with Gasteiger partial charge in [0, 0.05) is 24.4 Å². The Balaban J connectivity index is 2.21. The van der Waals surface area contributed by atoms with Crippen LogP contribution in [-0.4, -0.2) is 15.0 Å². The van der Waals surface area contributed by atoms with Gasteiger partial charge in [0.1, 0.15) is 11.6 Å². The predicted octanol–water partition coefficient (Wildman–Crippen LogP) is 1.96. The number of aryl methyl sites for hydroxylation is 3. The summed E-state index contributed by atoms with van der Waals surface area (Å²) in [5.41, 5.74) is 2.05. The summed E-state index contributed by atoms with van der Waals surface area (Å²) >= 11 is 0. The fourth-order valence-electron chi connectivity index (χ4n) is 2.09. The summed E-state index contributed by atoms with van der Waals surface area (Å²) < 4.78 is 13.7. The number of hydrogen-bond acceptors (Lipinski definition) is 3. The molecule has 0 saturated carbocycles. The second-order valence-electron chi connectivity index (χ2n) is 4.45. The van der Waals surface area contributed by atoms with E-state index in [0.717, 1.165) is 12.0 Å². The molecule has 0 unspecified atom stereocenters. The van der Waals surface area contributed by atoms with Crippen LogP contribution in [0.25, 0.3) is 0 Å². The Bertz CT molecular complexity index is 637. The Labute approximate surface area is 110 Å². The first-order chi connectivity index (χ1) is 9.10. The molecule has 0 atom stereocenters. The van der Waals surface area contributed by atoms with E-state index in [9.17, 15) is 9.18 Å². The van der Waals surface area contributed by atoms with Gasteiger partial charge in [0.2, 0.25) is 0 Å². The van der Waals surface area contributed by atoms with Crippen LogP contribution in [0.5, 0.6) is 0 Å². The third kappa shape index (κ3) is 3.24. The van der Waals surface area contributed by atoms with Crippen LogP contribution in [0.1, 0.15) is 29.6 Å². The molecule has 5 heteroatoms. The fourth-order valence-corrected chi connectivity index (χ4v) is 2.09. The molecule has 100 valence electrons. The van der Waals surface area contributed by atoms with Gasteiger partial charge in [0.05, 0.1) is 6.20 Å². The highest BCUT2D eigenvalue weighted by Gasteiger charge is 2.09. The zero-order chi connectivity index (χ0) is 13.8. The Hall–Kier alpha value is -2.04. The van der Waals surface area contributed by atoms with E-state index in [1.807, 2.05) is 6.92 Å². The molecule has 2 heterocycles. The summed E-state index contributed by atoms with van der Waals surface area (Å²) in [4.78, 5) is 22.1. The van der Waals surface area contributed by atoms with Gasteiger partial charge in [-0.05, 0) is 30.9 Å². The Morgan fingerprint density at radius 1 is 1.32 bits per heavy atom. The lowest BCUT2D eigenvalue weighted by Crippen LogP contribution is -2.12. The lowest BCUT2D eigenvalue weighted by atomic mass is 10.0. The maximum atomic E-state index is 13.7. The van der Waals surface area contributed by atoms with Crippen LogP contribution in [0.2, 0.25) is 0 Å². The van der Waals surface area contributed by atoms with Gasteiger partial charge in [-0.15, -0.1) is 0 Å². The van der Waals surface area contributed by atoms with E-state index >= 15 is 0 Å². The molecule has 0 saturated heterocycles. The van der Waals surface area contributed by atoms with Gasteiger partial charge in [-0.3, -0.25) is 9.78 Å². The zero-order valence-corrected chi connectivity index (χ0v) is 11.0. The summed E-state index contributed by atoms with van der Waals surface area (Å²) in [5, 5.41) is 0. The number of aromatic amines is 1. The van der Waals surface area contributed by atoms with Gasteiger partial charge >= 0.3 is 0 Å². The molecular formula is C14H16FN3O. The second kappa shape index (κ2) is 5.73. The molecule has 2 rings (SSSR count). The van der Waals surface area contributed by atoms with Crippen molar-refractivity contribution in [3.63, 3.8) is 0 Å². The molecular weight excluding hydrogens is 245 g/mol. The predicted molar refractivity (Wildman–Crippen MR) is 70.6 cm³/mol. The summed E-state index contributed by atoms with van der Waals surface area (Å²) in [5.74, 6) is 0.289. The number of nitrogens with zero attached hydrogens (tertiary/aromatic N) is 2. The average molecular weight is 261 g/mol. The van der Waals surface area contributed by atoms with Crippen molar-refractivity contribution in [3.05, 3.63) is 57.3 Å². The monoisotopic (exact) mass is 261 g/mol. The topological polar surface area (TPSA) is 58.6 Å². The van der Waals surface area contributed by atoms with Gasteiger partial charge in [-0.2, -0.15) is 0 Å². The van der Waals surface area contributed by atoms with Crippen molar-refractivity contribution in [1.29, 1.82) is 0 Å². The first-order valence-corrected chi connectivity index (χ1v) is 6.28. The highest BCUT2D eigenvalue weighted by Crippen LogP contribution is 2.14. The van der Waals surface area contributed by atoms with Crippen molar-refractivity contribution < 1.29 is 4.39 Å². The van der Waals surface area contributed by atoms with Crippen LogP contribution >= 0.6 is 0 Å². The number of aromatic nitrogens is 3. The average Bonchev–Trinajstić information content (AvgIpc) is 2.36. The normalized spacial score (nSPS) is 10.7. The van der Waals surface area contributed by atoms with Crippen molar-refractivity contribution in [2.45, 2.75) is 33.1 Å². The van der Waals surface area contributed by atoms with Crippen molar-refractivity contribution in [2.75, 3.05) is 0 Å². The van der Waals surface area contributed by atoms with E-state index in [4.69, 9.17) is 0 Å². The van der Waals surface area contributed by atoms with E-state index in [0.29, 0.717) is 29.9 Å². The van der Waals surface area contributed by atoms with Gasteiger partial charge in [0.25, 0.3) is 5.56 Å². The van der Waals surface area contributed by atoms with Crippen LogP contribution < -0.4 is 5.56 Å². The third-order valence-electron chi connectivity index (χ3n) is 3.01. The highest BCUT2D eigenvalue weighted by atomic mass is 19.1. The summed E-state index contributed by atoms with van der Waals surface area (Å²) in [6, 6.07) is 1.44. The molecule has 0 aliphatic rings. The van der Waals surface area contributed by atoms with Crippen molar-refractivity contribution in [3.8, 4) is 0 Å². The summed E-state index contributed by atoms with van der Waals surface area (Å²) in [6.07, 6.45) is 4.65. The number of hydrogen-bond donors (Lipinski definition) is 1. The van der Waals surface area contributed by atoms with Crippen molar-refractivity contribution in [1.82, 2.24) is 15.0 Å².